The van der Waals surface area contributed by atoms with Gasteiger partial charge < -0.3 is 10.6 Å². The van der Waals surface area contributed by atoms with E-state index in [-0.39, 0.29) is 5.69 Å². The van der Waals surface area contributed by atoms with Crippen molar-refractivity contribution in [3.8, 4) is 0 Å². The molecule has 1 heterocycles. The van der Waals surface area contributed by atoms with Crippen LogP contribution in [-0.4, -0.2) is 28.9 Å². The second kappa shape index (κ2) is 10.2. The summed E-state index contributed by atoms with van der Waals surface area (Å²) in [5, 5.41) is 6.62. The van der Waals surface area contributed by atoms with E-state index in [1.54, 1.807) is 36.4 Å². The Balaban J connectivity index is 1.88. The van der Waals surface area contributed by atoms with Gasteiger partial charge in [-0.1, -0.05) is 47.4 Å². The smallest absolute Gasteiger partial charge is 0.328 e. The van der Waals surface area contributed by atoms with Gasteiger partial charge in [0.1, 0.15) is 5.69 Å². The van der Waals surface area contributed by atoms with Gasteiger partial charge in [0.25, 0.3) is 5.91 Å². The summed E-state index contributed by atoms with van der Waals surface area (Å²) in [6.45, 7) is 6.32. The molecule has 0 saturated carbocycles. The fraction of sp³-hybridized carbons (Fsp3) is 0.261. The molecule has 0 aliphatic rings. The number of aryl methyl sites for hydroxylation is 1. The Kier molecular flexibility index (Phi) is 7.58. The first-order valence-corrected chi connectivity index (χ1v) is 11.3. The quantitative estimate of drug-likeness (QED) is 0.407. The van der Waals surface area contributed by atoms with Crippen molar-refractivity contribution in [2.24, 2.45) is 5.92 Å². The molecule has 1 aromatic heterocycles. The van der Waals surface area contributed by atoms with Gasteiger partial charge in [0.05, 0.1) is 5.52 Å². The average molecular weight is 520 g/mol. The van der Waals surface area contributed by atoms with E-state index >= 15 is 0 Å². The Morgan fingerprint density at radius 3 is 2.50 bits per heavy atom. The summed E-state index contributed by atoms with van der Waals surface area (Å²) in [6, 6.07) is 12.2. The van der Waals surface area contributed by atoms with Crippen LogP contribution in [0.25, 0.3) is 10.9 Å². The summed E-state index contributed by atoms with van der Waals surface area (Å²) >= 11 is 9.57. The first-order valence-electron chi connectivity index (χ1n) is 10.1. The third-order valence-corrected chi connectivity index (χ3v) is 5.75. The van der Waals surface area contributed by atoms with E-state index in [0.717, 1.165) is 16.5 Å². The molecular formula is C23H24BrClN4O3. The van der Waals surface area contributed by atoms with Crippen LogP contribution in [0.3, 0.4) is 0 Å². The second-order valence-electron chi connectivity index (χ2n) is 7.87. The number of hydrogen-bond donors (Lipinski definition) is 3. The number of nitrogens with one attached hydrogen (secondary N) is 3. The van der Waals surface area contributed by atoms with Crippen molar-refractivity contribution in [1.29, 1.82) is 0 Å². The van der Waals surface area contributed by atoms with Crippen molar-refractivity contribution in [2.75, 3.05) is 17.3 Å². The molecule has 9 heteroatoms. The number of benzene rings is 2. The van der Waals surface area contributed by atoms with Gasteiger partial charge >= 0.3 is 11.8 Å². The lowest BCUT2D eigenvalue weighted by Crippen LogP contribution is -2.40. The average Bonchev–Trinajstić information content (AvgIpc) is 3.07. The predicted molar refractivity (Wildman–Crippen MR) is 131 cm³/mol. The van der Waals surface area contributed by atoms with Gasteiger partial charge in [0.2, 0.25) is 0 Å². The van der Waals surface area contributed by atoms with Crippen molar-refractivity contribution in [1.82, 2.24) is 9.99 Å². The Hall–Kier alpha value is -2.84. The van der Waals surface area contributed by atoms with Gasteiger partial charge in [-0.05, 0) is 61.2 Å². The molecule has 0 aliphatic carbocycles. The van der Waals surface area contributed by atoms with Crippen LogP contribution in [0.1, 0.15) is 36.3 Å². The summed E-state index contributed by atoms with van der Waals surface area (Å²) < 4.78 is 2.13. The number of aromatic nitrogens is 1. The van der Waals surface area contributed by atoms with Crippen molar-refractivity contribution < 1.29 is 14.4 Å². The van der Waals surface area contributed by atoms with Gasteiger partial charge in [-0.25, -0.2) is 4.68 Å². The lowest BCUT2D eigenvalue weighted by Gasteiger charge is -2.13. The van der Waals surface area contributed by atoms with Crippen LogP contribution in [0.15, 0.2) is 46.9 Å². The fourth-order valence-corrected chi connectivity index (χ4v) is 3.61. The standard InChI is InChI=1S/C23H24BrClN4O3/c1-13(2)8-9-26-22(31)23(32)28-29-19-7-5-16(24)10-15(19)11-20(29)21(30)27-17-6-4-14(3)18(25)12-17/h4-7,10-13H,8-9H2,1-3H3,(H,26,31)(H,27,30)(H,28,32). The topological polar surface area (TPSA) is 92.2 Å². The molecule has 0 unspecified atom stereocenters. The third-order valence-electron chi connectivity index (χ3n) is 4.85. The van der Waals surface area contributed by atoms with Crippen LogP contribution >= 0.6 is 27.5 Å². The van der Waals surface area contributed by atoms with Gasteiger partial charge in [-0.2, -0.15) is 0 Å². The number of anilines is 1. The zero-order chi connectivity index (χ0) is 23.4. The number of carbonyl (C=O) groups excluding carboxylic acids is 3. The van der Waals surface area contributed by atoms with E-state index in [4.69, 9.17) is 11.6 Å². The second-order valence-corrected chi connectivity index (χ2v) is 9.19. The molecule has 0 radical (unpaired) electrons. The SMILES string of the molecule is Cc1ccc(NC(=O)c2cc3cc(Br)ccc3n2NC(=O)C(=O)NCCC(C)C)cc1Cl. The normalized spacial score (nSPS) is 10.9. The minimum Gasteiger partial charge on any atom is -0.348 e. The molecule has 0 fully saturated rings. The zero-order valence-electron chi connectivity index (χ0n) is 18.0. The van der Waals surface area contributed by atoms with E-state index in [1.807, 2.05) is 26.8 Å². The highest BCUT2D eigenvalue weighted by Gasteiger charge is 2.21. The fourth-order valence-electron chi connectivity index (χ4n) is 3.05. The molecule has 0 saturated heterocycles. The van der Waals surface area contributed by atoms with Crippen LogP contribution in [0.5, 0.6) is 0 Å². The largest absolute Gasteiger partial charge is 0.348 e. The lowest BCUT2D eigenvalue weighted by molar-refractivity contribution is -0.136. The highest BCUT2D eigenvalue weighted by molar-refractivity contribution is 9.10. The van der Waals surface area contributed by atoms with E-state index < -0.39 is 17.7 Å². The van der Waals surface area contributed by atoms with Gasteiger partial charge in [0, 0.05) is 27.1 Å². The first-order chi connectivity index (χ1) is 15.2. The molecule has 3 N–H and O–H groups in total. The predicted octanol–water partition coefficient (Wildman–Crippen LogP) is 4.85. The van der Waals surface area contributed by atoms with Gasteiger partial charge in [0.15, 0.2) is 0 Å². The molecule has 2 aromatic carbocycles. The van der Waals surface area contributed by atoms with Crippen LogP contribution in [-0.2, 0) is 9.59 Å². The maximum Gasteiger partial charge on any atom is 0.328 e. The molecule has 0 aliphatic heterocycles. The highest BCUT2D eigenvalue weighted by Crippen LogP contribution is 2.25. The van der Waals surface area contributed by atoms with E-state index in [2.05, 4.69) is 32.0 Å². The lowest BCUT2D eigenvalue weighted by atomic mass is 10.1. The number of amides is 3. The van der Waals surface area contributed by atoms with E-state index in [9.17, 15) is 14.4 Å². The Bertz CT molecular complexity index is 1190. The van der Waals surface area contributed by atoms with Crippen molar-refractivity contribution >= 4 is 61.8 Å². The summed E-state index contributed by atoms with van der Waals surface area (Å²) in [5.74, 6) is -1.68. The van der Waals surface area contributed by atoms with Crippen LogP contribution in [0, 0.1) is 12.8 Å². The number of hydrogen-bond acceptors (Lipinski definition) is 3. The molecule has 3 aromatic rings. The van der Waals surface area contributed by atoms with Crippen molar-refractivity contribution in [3.05, 3.63) is 63.2 Å². The maximum atomic E-state index is 13.0. The number of rotatable bonds is 6. The van der Waals surface area contributed by atoms with Crippen molar-refractivity contribution in [2.45, 2.75) is 27.2 Å². The van der Waals surface area contributed by atoms with Crippen LogP contribution in [0.4, 0.5) is 5.69 Å². The number of halogens is 2. The molecule has 168 valence electrons. The van der Waals surface area contributed by atoms with Gasteiger partial charge in [-0.3, -0.25) is 19.8 Å². The van der Waals surface area contributed by atoms with Crippen LogP contribution in [0.2, 0.25) is 5.02 Å². The Labute approximate surface area is 199 Å². The van der Waals surface area contributed by atoms with Crippen molar-refractivity contribution in [3.63, 3.8) is 0 Å². The maximum absolute atomic E-state index is 13.0. The summed E-state index contributed by atoms with van der Waals surface area (Å²) in [4.78, 5) is 37.8. The molecule has 32 heavy (non-hydrogen) atoms. The van der Waals surface area contributed by atoms with E-state index in [0.29, 0.717) is 34.1 Å². The summed E-state index contributed by atoms with van der Waals surface area (Å²) in [5.41, 5.74) is 4.68. The van der Waals surface area contributed by atoms with Crippen LogP contribution < -0.4 is 16.1 Å². The first kappa shape index (κ1) is 23.8. The third kappa shape index (κ3) is 5.69. The molecular weight excluding hydrogens is 496 g/mol. The monoisotopic (exact) mass is 518 g/mol. The Morgan fingerprint density at radius 2 is 1.81 bits per heavy atom. The number of fused-ring (bicyclic) bond motifs is 1. The number of carbonyl (C=O) groups is 3. The zero-order valence-corrected chi connectivity index (χ0v) is 20.3. The minimum absolute atomic E-state index is 0.165. The minimum atomic E-state index is -0.860. The van der Waals surface area contributed by atoms with E-state index in [1.165, 1.54) is 4.68 Å². The molecule has 0 bridgehead atoms. The Morgan fingerprint density at radius 1 is 1.06 bits per heavy atom. The number of nitrogens with zero attached hydrogens (tertiary/aromatic N) is 1. The molecule has 0 spiro atoms. The highest BCUT2D eigenvalue weighted by atomic mass is 79.9. The molecule has 3 rings (SSSR count). The molecule has 0 atom stereocenters. The molecule has 3 amide bonds. The van der Waals surface area contributed by atoms with Gasteiger partial charge in [-0.15, -0.1) is 0 Å². The summed E-state index contributed by atoms with van der Waals surface area (Å²) in [6.07, 6.45) is 0.756. The summed E-state index contributed by atoms with van der Waals surface area (Å²) in [7, 11) is 0. The molecule has 7 nitrogen and oxygen atoms in total.